The molecule has 186 valence electrons. The second kappa shape index (κ2) is 8.34. The summed E-state index contributed by atoms with van der Waals surface area (Å²) in [5.74, 6) is 0. The van der Waals surface area contributed by atoms with Crippen molar-refractivity contribution in [2.75, 3.05) is 0 Å². The van der Waals surface area contributed by atoms with E-state index in [2.05, 4.69) is 141 Å². The van der Waals surface area contributed by atoms with Crippen LogP contribution in [0.4, 0.5) is 0 Å². The predicted molar refractivity (Wildman–Crippen MR) is 163 cm³/mol. The molecule has 1 aliphatic heterocycles. The highest BCUT2D eigenvalue weighted by atomic mass is 16.5. The van der Waals surface area contributed by atoms with E-state index in [1.165, 1.54) is 54.9 Å². The lowest BCUT2D eigenvalue weighted by Gasteiger charge is -2.34. The number of nitrogens with zero attached hydrogens (tertiary/aromatic N) is 1. The lowest BCUT2D eigenvalue weighted by atomic mass is 9.54. The van der Waals surface area contributed by atoms with E-state index in [1.807, 2.05) is 0 Å². The summed E-state index contributed by atoms with van der Waals surface area (Å²) in [5, 5.41) is 5.08. The van der Waals surface area contributed by atoms with Gasteiger partial charge in [0.1, 0.15) is 0 Å². The summed E-state index contributed by atoms with van der Waals surface area (Å²) in [6.45, 7) is 9.18. The van der Waals surface area contributed by atoms with Crippen molar-refractivity contribution in [1.29, 1.82) is 0 Å². The number of fused-ring (bicyclic) bond motifs is 4. The van der Waals surface area contributed by atoms with Crippen LogP contribution in [0.5, 0.6) is 0 Å². The molecule has 6 aromatic rings. The Morgan fingerprint density at radius 2 is 1.34 bits per heavy atom. The monoisotopic (exact) mass is 493 g/mol. The number of para-hydroxylation sites is 1. The summed E-state index contributed by atoms with van der Waals surface area (Å²) >= 11 is 0. The molecule has 38 heavy (non-hydrogen) atoms. The summed E-state index contributed by atoms with van der Waals surface area (Å²) in [7, 11) is 0. The Balaban J connectivity index is 1.43. The first-order valence-electron chi connectivity index (χ1n) is 13.6. The van der Waals surface area contributed by atoms with Gasteiger partial charge < -0.3 is 9.22 Å². The van der Waals surface area contributed by atoms with E-state index in [1.54, 1.807) is 0 Å². The van der Waals surface area contributed by atoms with E-state index in [9.17, 15) is 0 Å². The zero-order valence-corrected chi connectivity index (χ0v) is 22.5. The van der Waals surface area contributed by atoms with Crippen LogP contribution in [0.2, 0.25) is 6.32 Å². The van der Waals surface area contributed by atoms with Gasteiger partial charge in [-0.1, -0.05) is 86.6 Å². The molecule has 0 spiro atoms. The second-order valence-electron chi connectivity index (χ2n) is 11.9. The second-order valence-corrected chi connectivity index (χ2v) is 11.9. The number of hydrogen-bond acceptors (Lipinski definition) is 1. The molecule has 0 unspecified atom stereocenters. The van der Waals surface area contributed by atoms with Crippen molar-refractivity contribution in [2.24, 2.45) is 5.41 Å². The van der Waals surface area contributed by atoms with Crippen LogP contribution in [0.25, 0.3) is 49.4 Å². The number of rotatable bonds is 3. The third kappa shape index (κ3) is 3.60. The van der Waals surface area contributed by atoms with Gasteiger partial charge in [0.2, 0.25) is 0 Å². The molecule has 0 saturated carbocycles. The van der Waals surface area contributed by atoms with Gasteiger partial charge >= 0.3 is 6.92 Å². The highest BCUT2D eigenvalue weighted by Gasteiger charge is 2.49. The molecule has 2 heterocycles. The lowest BCUT2D eigenvalue weighted by Crippen LogP contribution is -2.36. The smallest absolute Gasteiger partial charge is 0.328 e. The van der Waals surface area contributed by atoms with Crippen molar-refractivity contribution in [3.63, 3.8) is 0 Å². The average Bonchev–Trinajstić information content (AvgIpc) is 3.37. The molecule has 0 amide bonds. The number of hydrogen-bond donors (Lipinski definition) is 0. The first-order valence-corrected chi connectivity index (χ1v) is 13.6. The summed E-state index contributed by atoms with van der Waals surface area (Å²) in [5.41, 5.74) is 7.32. The Morgan fingerprint density at radius 3 is 2.11 bits per heavy atom. The summed E-state index contributed by atoms with van der Waals surface area (Å²) in [6, 6.07) is 39.9. The zero-order chi connectivity index (χ0) is 26.1. The molecule has 0 N–H and O–H groups in total. The molecule has 3 heteroatoms. The molecule has 1 fully saturated rings. The highest BCUT2D eigenvalue weighted by molar-refractivity contribution is 6.68. The van der Waals surface area contributed by atoms with Gasteiger partial charge in [-0.25, -0.2) is 0 Å². The maximum Gasteiger partial charge on any atom is 0.328 e. The number of benzene rings is 5. The first kappa shape index (κ1) is 23.3. The van der Waals surface area contributed by atoms with Gasteiger partial charge in [0, 0.05) is 16.5 Å². The van der Waals surface area contributed by atoms with Crippen LogP contribution < -0.4 is 5.46 Å². The van der Waals surface area contributed by atoms with E-state index in [4.69, 9.17) is 4.65 Å². The first-order chi connectivity index (χ1) is 18.3. The third-order valence-electron chi connectivity index (χ3n) is 9.02. The topological polar surface area (TPSA) is 14.2 Å². The molecule has 0 radical (unpaired) electrons. The maximum absolute atomic E-state index is 6.62. The van der Waals surface area contributed by atoms with E-state index >= 15 is 0 Å². The molecule has 7 rings (SSSR count). The van der Waals surface area contributed by atoms with Crippen LogP contribution in [-0.2, 0) is 4.65 Å². The summed E-state index contributed by atoms with van der Waals surface area (Å²) in [6.07, 6.45) is 1.02. The van der Waals surface area contributed by atoms with Gasteiger partial charge in [-0.2, -0.15) is 0 Å². The number of aromatic nitrogens is 1. The van der Waals surface area contributed by atoms with E-state index in [-0.39, 0.29) is 17.9 Å². The quantitative estimate of drug-likeness (QED) is 0.225. The summed E-state index contributed by atoms with van der Waals surface area (Å²) in [4.78, 5) is 0. The molecule has 1 aromatic heterocycles. The van der Waals surface area contributed by atoms with Crippen molar-refractivity contribution in [3.05, 3.63) is 109 Å². The van der Waals surface area contributed by atoms with Crippen molar-refractivity contribution in [3.8, 4) is 16.8 Å². The lowest BCUT2D eigenvalue weighted by molar-refractivity contribution is 0.0375. The van der Waals surface area contributed by atoms with Crippen molar-refractivity contribution >= 4 is 45.0 Å². The Labute approximate surface area is 225 Å². The minimum atomic E-state index is -0.159. The van der Waals surface area contributed by atoms with Crippen molar-refractivity contribution in [1.82, 2.24) is 4.57 Å². The maximum atomic E-state index is 6.62. The molecular weight excluding hydrogens is 461 g/mol. The molecule has 1 aliphatic rings. The summed E-state index contributed by atoms with van der Waals surface area (Å²) < 4.78 is 9.03. The largest absolute Gasteiger partial charge is 0.426 e. The molecule has 1 saturated heterocycles. The van der Waals surface area contributed by atoms with Crippen molar-refractivity contribution < 1.29 is 4.65 Å². The Bertz CT molecular complexity index is 1810. The molecule has 0 aliphatic carbocycles. The molecule has 0 atom stereocenters. The van der Waals surface area contributed by atoms with Crippen LogP contribution in [0.3, 0.4) is 0 Å². The third-order valence-corrected chi connectivity index (χ3v) is 9.02. The fraction of sp³-hybridized carbons (Fsp3) is 0.200. The predicted octanol–water partition coefficient (Wildman–Crippen LogP) is 8.64. The fourth-order valence-electron chi connectivity index (χ4n) is 6.09. The van der Waals surface area contributed by atoms with Gasteiger partial charge in [0.15, 0.2) is 0 Å². The Morgan fingerprint density at radius 1 is 0.632 bits per heavy atom. The standard InChI is InChI=1S/C35H32BNO/c1-34(2)23-36(38-35(34,3)4)28-17-18-30-31-21-27(26-15-14-24-10-8-9-11-25(24)20-26)16-19-32(31)37(33(30)22-28)29-12-6-5-7-13-29/h5-22H,23H2,1-4H3. The molecule has 2 nitrogen and oxygen atoms in total. The molecular formula is C35H32BNO. The van der Waals surface area contributed by atoms with Crippen LogP contribution in [0.1, 0.15) is 27.7 Å². The molecule has 0 bridgehead atoms. The van der Waals surface area contributed by atoms with Gasteiger partial charge in [0.05, 0.1) is 16.6 Å². The van der Waals surface area contributed by atoms with Gasteiger partial charge in [0.25, 0.3) is 0 Å². The SMILES string of the molecule is CC1(C)CB(c2ccc3c4cc(-c5ccc6ccccc6c5)ccc4n(-c4ccccc4)c3c2)OC1(C)C. The minimum absolute atomic E-state index is 0.0970. The van der Waals surface area contributed by atoms with E-state index in [0.29, 0.717) is 0 Å². The minimum Gasteiger partial charge on any atom is -0.426 e. The van der Waals surface area contributed by atoms with Crippen LogP contribution in [-0.4, -0.2) is 17.1 Å². The van der Waals surface area contributed by atoms with Crippen LogP contribution in [0, 0.1) is 5.41 Å². The van der Waals surface area contributed by atoms with Gasteiger partial charge in [-0.05, 0) is 89.3 Å². The Kier molecular flexibility index (Phi) is 5.12. The highest BCUT2D eigenvalue weighted by Crippen LogP contribution is 2.45. The van der Waals surface area contributed by atoms with E-state index < -0.39 is 0 Å². The van der Waals surface area contributed by atoms with Crippen molar-refractivity contribution in [2.45, 2.75) is 39.6 Å². The van der Waals surface area contributed by atoms with Gasteiger partial charge in [-0.15, -0.1) is 0 Å². The normalized spacial score (nSPS) is 16.6. The van der Waals surface area contributed by atoms with Crippen LogP contribution >= 0.6 is 0 Å². The van der Waals surface area contributed by atoms with E-state index in [0.717, 1.165) is 6.32 Å². The molecule has 5 aromatic carbocycles. The average molecular weight is 493 g/mol. The van der Waals surface area contributed by atoms with Gasteiger partial charge in [-0.3, -0.25) is 0 Å². The Hall–Kier alpha value is -3.82. The zero-order valence-electron chi connectivity index (χ0n) is 22.5. The van der Waals surface area contributed by atoms with Crippen LogP contribution in [0.15, 0.2) is 109 Å². The fourth-order valence-corrected chi connectivity index (χ4v) is 6.09.